The van der Waals surface area contributed by atoms with Crippen molar-refractivity contribution < 1.29 is 9.47 Å². The number of fused-ring (bicyclic) bond motifs is 3. The first kappa shape index (κ1) is 22.8. The van der Waals surface area contributed by atoms with Crippen molar-refractivity contribution in [2.24, 2.45) is 11.3 Å². The monoisotopic (exact) mass is 444 g/mol. The van der Waals surface area contributed by atoms with E-state index in [2.05, 4.69) is 37.9 Å². The first-order valence-electron chi connectivity index (χ1n) is 11.9. The molecule has 0 amide bonds. The van der Waals surface area contributed by atoms with E-state index in [0.29, 0.717) is 25.2 Å². The van der Waals surface area contributed by atoms with Gasteiger partial charge in [-0.2, -0.15) is 0 Å². The third-order valence-corrected chi connectivity index (χ3v) is 7.29. The molecule has 31 heavy (non-hydrogen) atoms. The summed E-state index contributed by atoms with van der Waals surface area (Å²) in [6.07, 6.45) is 8.05. The molecule has 0 bridgehead atoms. The molecule has 2 aliphatic rings. The van der Waals surface area contributed by atoms with Gasteiger partial charge in [-0.05, 0) is 56.4 Å². The third-order valence-electron chi connectivity index (χ3n) is 7.06. The maximum absolute atomic E-state index is 6.30. The summed E-state index contributed by atoms with van der Waals surface area (Å²) in [4.78, 5) is 7.45. The number of hydrogen-bond acceptors (Lipinski definition) is 4. The number of halogens is 1. The van der Waals surface area contributed by atoms with Gasteiger partial charge < -0.3 is 14.4 Å². The fourth-order valence-electron chi connectivity index (χ4n) is 5.22. The Hall–Kier alpha value is -1.36. The average molecular weight is 445 g/mol. The van der Waals surface area contributed by atoms with Crippen LogP contribution in [0.3, 0.4) is 0 Å². The normalized spacial score (nSPS) is 24.9. The Balaban J connectivity index is 1.78. The van der Waals surface area contributed by atoms with Crippen molar-refractivity contribution in [2.75, 3.05) is 24.7 Å². The predicted octanol–water partition coefficient (Wildman–Crippen LogP) is 6.62. The molecule has 2 aromatic rings. The first-order chi connectivity index (χ1) is 14.8. The van der Waals surface area contributed by atoms with Crippen molar-refractivity contribution in [3.05, 3.63) is 35.0 Å². The smallest absolute Gasteiger partial charge is 0.162 e. The van der Waals surface area contributed by atoms with Crippen LogP contribution < -0.4 is 4.90 Å². The lowest BCUT2D eigenvalue weighted by molar-refractivity contribution is -0.280. The van der Waals surface area contributed by atoms with Crippen molar-refractivity contribution in [2.45, 2.75) is 78.6 Å². The van der Waals surface area contributed by atoms with Crippen molar-refractivity contribution in [1.82, 2.24) is 4.98 Å². The van der Waals surface area contributed by atoms with E-state index in [-0.39, 0.29) is 5.41 Å². The van der Waals surface area contributed by atoms with Crippen LogP contribution in [0.2, 0.25) is 5.02 Å². The maximum atomic E-state index is 6.30. The zero-order chi connectivity index (χ0) is 22.2. The van der Waals surface area contributed by atoms with E-state index in [1.54, 1.807) is 0 Å². The molecule has 0 radical (unpaired) electrons. The fourth-order valence-corrected chi connectivity index (χ4v) is 5.39. The quantitative estimate of drug-likeness (QED) is 0.501. The highest BCUT2D eigenvalue weighted by Gasteiger charge is 2.42. The minimum absolute atomic E-state index is 0.0606. The summed E-state index contributed by atoms with van der Waals surface area (Å²) in [6, 6.07) is 6.65. The highest BCUT2D eigenvalue weighted by Crippen LogP contribution is 2.43. The molecule has 0 saturated carbocycles. The van der Waals surface area contributed by atoms with Gasteiger partial charge in [-0.25, -0.2) is 0 Å². The molecule has 4 nitrogen and oxygen atoms in total. The van der Waals surface area contributed by atoms with Crippen LogP contribution in [0.25, 0.3) is 10.9 Å². The van der Waals surface area contributed by atoms with E-state index in [1.807, 2.05) is 26.0 Å². The molecular formula is C26H37ClN2O2. The highest BCUT2D eigenvalue weighted by molar-refractivity contribution is 6.31. The average Bonchev–Trinajstić information content (AvgIpc) is 2.74. The van der Waals surface area contributed by atoms with Crippen molar-refractivity contribution in [1.29, 1.82) is 0 Å². The Kier molecular flexibility index (Phi) is 6.54. The van der Waals surface area contributed by atoms with Gasteiger partial charge in [0.25, 0.3) is 0 Å². The lowest BCUT2D eigenvalue weighted by Gasteiger charge is -2.50. The summed E-state index contributed by atoms with van der Waals surface area (Å²) >= 11 is 6.30. The molecule has 0 N–H and O–H groups in total. The van der Waals surface area contributed by atoms with Gasteiger partial charge in [0.15, 0.2) is 5.79 Å². The SMILES string of the molecule is CCCCC1C(CC)Cc2cnc3cc(Cl)ccc3c2N1CC1(C)COC(C)(C)OC1. The van der Waals surface area contributed by atoms with Crippen LogP contribution in [0.5, 0.6) is 0 Å². The summed E-state index contributed by atoms with van der Waals surface area (Å²) in [5, 5.41) is 1.94. The maximum Gasteiger partial charge on any atom is 0.162 e. The Morgan fingerprint density at radius 3 is 2.58 bits per heavy atom. The van der Waals surface area contributed by atoms with Gasteiger partial charge in [-0.1, -0.05) is 51.6 Å². The van der Waals surface area contributed by atoms with Crippen LogP contribution in [0, 0.1) is 11.3 Å². The second-order valence-corrected chi connectivity index (χ2v) is 10.7. The van der Waals surface area contributed by atoms with Gasteiger partial charge in [0.2, 0.25) is 0 Å². The number of hydrogen-bond donors (Lipinski definition) is 0. The number of benzene rings is 1. The number of unbranched alkanes of at least 4 members (excludes halogenated alkanes) is 1. The summed E-state index contributed by atoms with van der Waals surface area (Å²) in [6.45, 7) is 13.3. The molecule has 2 atom stereocenters. The molecule has 1 saturated heterocycles. The summed E-state index contributed by atoms with van der Waals surface area (Å²) in [5.41, 5.74) is 3.62. The van der Waals surface area contributed by atoms with Crippen LogP contribution in [0.1, 0.15) is 65.9 Å². The number of rotatable bonds is 6. The van der Waals surface area contributed by atoms with Crippen LogP contribution in [0.15, 0.2) is 24.4 Å². The van der Waals surface area contributed by atoms with Crippen molar-refractivity contribution >= 4 is 28.2 Å². The number of pyridine rings is 1. The van der Waals surface area contributed by atoms with E-state index in [4.69, 9.17) is 26.1 Å². The lowest BCUT2D eigenvalue weighted by atomic mass is 9.79. The van der Waals surface area contributed by atoms with Crippen LogP contribution in [-0.2, 0) is 15.9 Å². The molecule has 0 aliphatic carbocycles. The zero-order valence-electron chi connectivity index (χ0n) is 19.7. The second kappa shape index (κ2) is 8.88. The van der Waals surface area contributed by atoms with Crippen LogP contribution in [0.4, 0.5) is 5.69 Å². The molecule has 1 fully saturated rings. The molecule has 170 valence electrons. The van der Waals surface area contributed by atoms with Crippen LogP contribution in [-0.4, -0.2) is 36.6 Å². The van der Waals surface area contributed by atoms with E-state index in [1.165, 1.54) is 42.3 Å². The molecule has 4 rings (SSSR count). The number of nitrogens with zero attached hydrogens (tertiary/aromatic N) is 2. The summed E-state index contributed by atoms with van der Waals surface area (Å²) in [7, 11) is 0. The standard InChI is InChI=1S/C26H37ClN2O2/c1-6-8-9-23-18(7-2)12-19-14-28-22-13-20(27)10-11-21(22)24(19)29(23)15-26(5)16-30-25(3,4)31-17-26/h10-11,13-14,18,23H,6-9,12,15-17H2,1-5H3. The molecule has 2 unspecified atom stereocenters. The molecule has 1 aromatic carbocycles. The third kappa shape index (κ3) is 4.72. The van der Waals surface area contributed by atoms with Gasteiger partial charge in [-0.3, -0.25) is 4.98 Å². The van der Waals surface area contributed by atoms with E-state index in [0.717, 1.165) is 23.5 Å². The van der Waals surface area contributed by atoms with Gasteiger partial charge in [0, 0.05) is 34.6 Å². The van der Waals surface area contributed by atoms with E-state index in [9.17, 15) is 0 Å². The van der Waals surface area contributed by atoms with Gasteiger partial charge in [-0.15, -0.1) is 0 Å². The first-order valence-corrected chi connectivity index (χ1v) is 12.2. The number of aromatic nitrogens is 1. The molecule has 5 heteroatoms. The predicted molar refractivity (Wildman–Crippen MR) is 129 cm³/mol. The molecule has 2 aliphatic heterocycles. The number of ether oxygens (including phenoxy) is 2. The molecule has 1 aromatic heterocycles. The fraction of sp³-hybridized carbons (Fsp3) is 0.654. The van der Waals surface area contributed by atoms with Crippen molar-refractivity contribution in [3.63, 3.8) is 0 Å². The second-order valence-electron chi connectivity index (χ2n) is 10.3. The summed E-state index contributed by atoms with van der Waals surface area (Å²) in [5.74, 6) is 0.135. The van der Waals surface area contributed by atoms with Crippen LogP contribution >= 0.6 is 11.6 Å². The highest BCUT2D eigenvalue weighted by atomic mass is 35.5. The Morgan fingerprint density at radius 1 is 1.16 bits per heavy atom. The minimum atomic E-state index is -0.500. The van der Waals surface area contributed by atoms with Gasteiger partial charge in [0.05, 0.1) is 24.4 Å². The lowest BCUT2D eigenvalue weighted by Crippen LogP contribution is -2.55. The van der Waals surface area contributed by atoms with Crippen molar-refractivity contribution in [3.8, 4) is 0 Å². The zero-order valence-corrected chi connectivity index (χ0v) is 20.5. The molecule has 3 heterocycles. The largest absolute Gasteiger partial charge is 0.367 e. The van der Waals surface area contributed by atoms with Gasteiger partial charge in [0.1, 0.15) is 0 Å². The molecular weight excluding hydrogens is 408 g/mol. The topological polar surface area (TPSA) is 34.6 Å². The van der Waals surface area contributed by atoms with E-state index >= 15 is 0 Å². The minimum Gasteiger partial charge on any atom is -0.367 e. The Labute approximate surface area is 192 Å². The Bertz CT molecular complexity index is 919. The van der Waals surface area contributed by atoms with E-state index < -0.39 is 5.79 Å². The summed E-state index contributed by atoms with van der Waals surface area (Å²) < 4.78 is 12.2. The molecule has 0 spiro atoms. The Morgan fingerprint density at radius 2 is 1.90 bits per heavy atom. The number of anilines is 1. The van der Waals surface area contributed by atoms with Gasteiger partial charge >= 0.3 is 0 Å².